The molecule has 0 bridgehead atoms. The van der Waals surface area contributed by atoms with Gasteiger partial charge in [0.15, 0.2) is 0 Å². The van der Waals surface area contributed by atoms with Gasteiger partial charge in [-0.25, -0.2) is 4.79 Å². The molecule has 2 rings (SSSR count). The van der Waals surface area contributed by atoms with Crippen molar-refractivity contribution in [1.82, 2.24) is 10.2 Å². The Balaban J connectivity index is 1.83. The van der Waals surface area contributed by atoms with Crippen LogP contribution < -0.4 is 5.32 Å². The smallest absolute Gasteiger partial charge is 0.326 e. The van der Waals surface area contributed by atoms with E-state index in [1.54, 1.807) is 11.0 Å². The number of unbranched alkanes of at least 4 members (excludes halogenated alkanes) is 7. The van der Waals surface area contributed by atoms with Gasteiger partial charge in [0.25, 0.3) is 0 Å². The molecule has 1 atom stereocenters. The van der Waals surface area contributed by atoms with E-state index in [9.17, 15) is 19.5 Å². The molecule has 2 aromatic carbocycles. The van der Waals surface area contributed by atoms with Crippen LogP contribution in [0.5, 0.6) is 0 Å². The molecule has 0 aliphatic carbocycles. The van der Waals surface area contributed by atoms with Crippen molar-refractivity contribution in [3.63, 3.8) is 0 Å². The molecule has 0 heterocycles. The average Bonchev–Trinajstić information content (AvgIpc) is 2.93. The minimum atomic E-state index is -1.01. The standard InChI is InChI=1S/C33H46N2O4/c1-3-4-5-6-7-8-12-18-31(36)34-30(33(38)39)17-13-14-25-35(26-29-15-10-9-11-16-29)32(37)24-23-28-21-19-27(2)20-22-28/h9-11,15-16,19-24,30H,3-8,12-14,17-18,25-26H2,1-2H3,(H,34,36)(H,38,39)/b24-23+. The Kier molecular flexibility index (Phi) is 15.3. The molecule has 6 heteroatoms. The van der Waals surface area contributed by atoms with E-state index in [1.165, 1.54) is 25.7 Å². The fraction of sp³-hybridized carbons (Fsp3) is 0.485. The first-order valence-corrected chi connectivity index (χ1v) is 14.5. The van der Waals surface area contributed by atoms with E-state index in [0.29, 0.717) is 38.8 Å². The normalized spacial score (nSPS) is 11.8. The maximum Gasteiger partial charge on any atom is 0.326 e. The summed E-state index contributed by atoms with van der Waals surface area (Å²) in [4.78, 5) is 38.9. The first kappa shape index (κ1) is 31.8. The molecule has 2 amide bonds. The van der Waals surface area contributed by atoms with Crippen molar-refractivity contribution in [2.24, 2.45) is 0 Å². The number of hydrogen-bond donors (Lipinski definition) is 2. The molecule has 0 aliphatic heterocycles. The minimum absolute atomic E-state index is 0.0859. The first-order valence-electron chi connectivity index (χ1n) is 14.5. The van der Waals surface area contributed by atoms with Crippen molar-refractivity contribution < 1.29 is 19.5 Å². The molecule has 0 aliphatic rings. The molecule has 2 N–H and O–H groups in total. The molecule has 212 valence electrons. The number of benzene rings is 2. The van der Waals surface area contributed by atoms with E-state index in [0.717, 1.165) is 36.0 Å². The van der Waals surface area contributed by atoms with Crippen LogP contribution in [0.25, 0.3) is 6.08 Å². The number of nitrogens with zero attached hydrogens (tertiary/aromatic N) is 1. The highest BCUT2D eigenvalue weighted by Crippen LogP contribution is 2.12. The Morgan fingerprint density at radius 3 is 2.21 bits per heavy atom. The molecule has 0 spiro atoms. The van der Waals surface area contributed by atoms with Crippen molar-refractivity contribution >= 4 is 23.9 Å². The van der Waals surface area contributed by atoms with Crippen molar-refractivity contribution in [3.8, 4) is 0 Å². The van der Waals surface area contributed by atoms with Gasteiger partial charge in [0.2, 0.25) is 11.8 Å². The largest absolute Gasteiger partial charge is 0.480 e. The van der Waals surface area contributed by atoms with E-state index < -0.39 is 12.0 Å². The Labute approximate surface area is 234 Å². The highest BCUT2D eigenvalue weighted by atomic mass is 16.4. The quantitative estimate of drug-likeness (QED) is 0.151. The lowest BCUT2D eigenvalue weighted by Crippen LogP contribution is -2.40. The van der Waals surface area contributed by atoms with Crippen LogP contribution in [0.15, 0.2) is 60.7 Å². The van der Waals surface area contributed by atoms with Crippen molar-refractivity contribution in [2.45, 2.75) is 97.1 Å². The van der Waals surface area contributed by atoms with Crippen molar-refractivity contribution in [1.29, 1.82) is 0 Å². The minimum Gasteiger partial charge on any atom is -0.480 e. The Morgan fingerprint density at radius 2 is 1.54 bits per heavy atom. The summed E-state index contributed by atoms with van der Waals surface area (Å²) >= 11 is 0. The van der Waals surface area contributed by atoms with Gasteiger partial charge in [0.1, 0.15) is 6.04 Å². The summed E-state index contributed by atoms with van der Waals surface area (Å²) in [6.45, 7) is 5.20. The second-order valence-electron chi connectivity index (χ2n) is 10.3. The number of rotatable bonds is 19. The van der Waals surface area contributed by atoms with Crippen LogP contribution in [-0.2, 0) is 20.9 Å². The van der Waals surface area contributed by atoms with E-state index in [1.807, 2.05) is 67.6 Å². The zero-order valence-corrected chi connectivity index (χ0v) is 23.7. The zero-order valence-electron chi connectivity index (χ0n) is 23.7. The molecule has 0 radical (unpaired) electrons. The second-order valence-corrected chi connectivity index (χ2v) is 10.3. The Hall–Kier alpha value is -3.41. The molecule has 0 saturated heterocycles. The van der Waals surface area contributed by atoms with Crippen LogP contribution >= 0.6 is 0 Å². The van der Waals surface area contributed by atoms with Crippen LogP contribution in [0.4, 0.5) is 0 Å². The molecule has 1 unspecified atom stereocenters. The number of carboxylic acid groups (broad SMARTS) is 1. The van der Waals surface area contributed by atoms with Crippen LogP contribution in [0.1, 0.15) is 94.2 Å². The van der Waals surface area contributed by atoms with Crippen LogP contribution in [0, 0.1) is 6.92 Å². The summed E-state index contributed by atoms with van der Waals surface area (Å²) in [6.07, 6.45) is 13.2. The van der Waals surface area contributed by atoms with Gasteiger partial charge in [-0.1, -0.05) is 106 Å². The number of hydrogen-bond acceptors (Lipinski definition) is 3. The van der Waals surface area contributed by atoms with Crippen LogP contribution in [0.3, 0.4) is 0 Å². The second kappa shape index (κ2) is 18.8. The van der Waals surface area contributed by atoms with E-state index in [2.05, 4.69) is 12.2 Å². The topological polar surface area (TPSA) is 86.7 Å². The fourth-order valence-electron chi connectivity index (χ4n) is 4.44. The van der Waals surface area contributed by atoms with Gasteiger partial charge in [0.05, 0.1) is 0 Å². The molecular weight excluding hydrogens is 488 g/mol. The van der Waals surface area contributed by atoms with Gasteiger partial charge in [0, 0.05) is 25.6 Å². The number of nitrogens with one attached hydrogen (secondary N) is 1. The number of carbonyl (C=O) groups is 3. The molecule has 6 nitrogen and oxygen atoms in total. The van der Waals surface area contributed by atoms with Crippen molar-refractivity contribution in [2.75, 3.05) is 6.54 Å². The number of carbonyl (C=O) groups excluding carboxylic acids is 2. The van der Waals surface area contributed by atoms with Gasteiger partial charge >= 0.3 is 5.97 Å². The zero-order chi connectivity index (χ0) is 28.3. The van der Waals surface area contributed by atoms with Crippen molar-refractivity contribution in [3.05, 3.63) is 77.4 Å². The third kappa shape index (κ3) is 13.8. The summed E-state index contributed by atoms with van der Waals surface area (Å²) in [6, 6.07) is 16.9. The summed E-state index contributed by atoms with van der Waals surface area (Å²) in [7, 11) is 0. The van der Waals surface area contributed by atoms with Gasteiger partial charge in [-0.05, 0) is 49.8 Å². The number of aryl methyl sites for hydroxylation is 1. The lowest BCUT2D eigenvalue weighted by Gasteiger charge is -2.22. The molecule has 0 saturated carbocycles. The van der Waals surface area contributed by atoms with E-state index >= 15 is 0 Å². The number of carboxylic acids is 1. The van der Waals surface area contributed by atoms with Gasteiger partial charge < -0.3 is 15.3 Å². The monoisotopic (exact) mass is 534 g/mol. The summed E-state index contributed by atoms with van der Waals surface area (Å²) < 4.78 is 0. The highest BCUT2D eigenvalue weighted by molar-refractivity contribution is 5.91. The van der Waals surface area contributed by atoms with Gasteiger partial charge in [-0.3, -0.25) is 9.59 Å². The summed E-state index contributed by atoms with van der Waals surface area (Å²) in [5.74, 6) is -1.29. The number of aliphatic carboxylic acids is 1. The third-order valence-corrected chi connectivity index (χ3v) is 6.84. The lowest BCUT2D eigenvalue weighted by molar-refractivity contribution is -0.142. The highest BCUT2D eigenvalue weighted by Gasteiger charge is 2.20. The predicted molar refractivity (Wildman–Crippen MR) is 158 cm³/mol. The van der Waals surface area contributed by atoms with Gasteiger partial charge in [-0.15, -0.1) is 0 Å². The molecule has 0 aromatic heterocycles. The SMILES string of the molecule is CCCCCCCCCC(=O)NC(CCCCN(Cc1ccccc1)C(=O)/C=C/c1ccc(C)cc1)C(=O)O. The molecule has 39 heavy (non-hydrogen) atoms. The van der Waals surface area contributed by atoms with Crippen LogP contribution in [0.2, 0.25) is 0 Å². The molecular formula is C33H46N2O4. The average molecular weight is 535 g/mol. The summed E-state index contributed by atoms with van der Waals surface area (Å²) in [5.41, 5.74) is 3.17. The van der Waals surface area contributed by atoms with E-state index in [-0.39, 0.29) is 11.8 Å². The molecule has 2 aromatic rings. The third-order valence-electron chi connectivity index (χ3n) is 6.84. The van der Waals surface area contributed by atoms with E-state index in [4.69, 9.17) is 0 Å². The Morgan fingerprint density at radius 1 is 0.872 bits per heavy atom. The maximum atomic E-state index is 13.1. The first-order chi connectivity index (χ1) is 18.9. The summed E-state index contributed by atoms with van der Waals surface area (Å²) in [5, 5.41) is 12.3. The molecule has 0 fully saturated rings. The lowest BCUT2D eigenvalue weighted by atomic mass is 10.1. The number of amides is 2. The fourth-order valence-corrected chi connectivity index (χ4v) is 4.44. The predicted octanol–water partition coefficient (Wildman–Crippen LogP) is 6.92. The Bertz CT molecular complexity index is 1020. The van der Waals surface area contributed by atoms with Gasteiger partial charge in [-0.2, -0.15) is 0 Å². The maximum absolute atomic E-state index is 13.1. The van der Waals surface area contributed by atoms with Crippen LogP contribution in [-0.4, -0.2) is 40.4 Å².